The van der Waals surface area contributed by atoms with Crippen LogP contribution < -0.4 is 0 Å². The fourth-order valence-corrected chi connectivity index (χ4v) is 1.01. The Labute approximate surface area is 78.1 Å². The fraction of sp³-hybridized carbons (Fsp3) is 0.500. The minimum atomic E-state index is -0.135. The zero-order chi connectivity index (χ0) is 9.68. The lowest BCUT2D eigenvalue weighted by molar-refractivity contribution is -0.145. The van der Waals surface area contributed by atoms with Crippen molar-refractivity contribution in [3.8, 4) is 0 Å². The molecule has 0 fully saturated rings. The van der Waals surface area contributed by atoms with Crippen molar-refractivity contribution in [1.82, 2.24) is 4.98 Å². The summed E-state index contributed by atoms with van der Waals surface area (Å²) in [7, 11) is 0. The maximum absolute atomic E-state index is 11.1. The van der Waals surface area contributed by atoms with Gasteiger partial charge in [0.2, 0.25) is 0 Å². The first-order chi connectivity index (χ1) is 6.18. The van der Waals surface area contributed by atoms with E-state index in [4.69, 9.17) is 4.74 Å². The van der Waals surface area contributed by atoms with E-state index in [1.807, 2.05) is 32.2 Å². The van der Waals surface area contributed by atoms with Crippen molar-refractivity contribution in [2.24, 2.45) is 5.92 Å². The lowest BCUT2D eigenvalue weighted by Crippen LogP contribution is -2.07. The Hall–Kier alpha value is -1.25. The lowest BCUT2D eigenvalue weighted by Gasteiger charge is -2.04. The molecule has 0 aliphatic carbocycles. The van der Waals surface area contributed by atoms with Crippen LogP contribution >= 0.6 is 0 Å². The van der Waals surface area contributed by atoms with Crippen LogP contribution in [0.3, 0.4) is 0 Å². The molecule has 0 amide bonds. The summed E-state index contributed by atoms with van der Waals surface area (Å²) in [6.45, 7) is 4.34. The van der Waals surface area contributed by atoms with Gasteiger partial charge in [0.15, 0.2) is 0 Å². The van der Waals surface area contributed by atoms with E-state index in [-0.39, 0.29) is 5.97 Å². The smallest absolute Gasteiger partial charge is 0.306 e. The van der Waals surface area contributed by atoms with Crippen LogP contribution in [0.15, 0.2) is 18.3 Å². The van der Waals surface area contributed by atoms with Gasteiger partial charge in [-0.1, -0.05) is 13.8 Å². The molecule has 3 heteroatoms. The number of carbonyl (C=O) groups is 1. The van der Waals surface area contributed by atoms with E-state index in [0.717, 1.165) is 5.69 Å². The Morgan fingerprint density at radius 3 is 2.92 bits per heavy atom. The maximum atomic E-state index is 11.1. The molecular formula is C10H15NO2. The van der Waals surface area contributed by atoms with Crippen molar-refractivity contribution >= 4 is 5.97 Å². The topological polar surface area (TPSA) is 42.1 Å². The normalized spacial score (nSPS) is 10.4. The number of H-pyrrole nitrogens is 1. The fourth-order valence-electron chi connectivity index (χ4n) is 1.01. The van der Waals surface area contributed by atoms with Crippen LogP contribution in [0, 0.1) is 5.92 Å². The first-order valence-corrected chi connectivity index (χ1v) is 4.46. The minimum Gasteiger partial charge on any atom is -0.459 e. The van der Waals surface area contributed by atoms with Crippen molar-refractivity contribution in [2.45, 2.75) is 26.9 Å². The summed E-state index contributed by atoms with van der Waals surface area (Å²) in [4.78, 5) is 14.1. The molecule has 1 aromatic heterocycles. The highest BCUT2D eigenvalue weighted by Gasteiger charge is 2.05. The van der Waals surface area contributed by atoms with Gasteiger partial charge in [-0.15, -0.1) is 0 Å². The number of ether oxygens (including phenoxy) is 1. The van der Waals surface area contributed by atoms with Gasteiger partial charge in [-0.25, -0.2) is 0 Å². The average molecular weight is 181 g/mol. The molecule has 0 saturated heterocycles. The van der Waals surface area contributed by atoms with Gasteiger partial charge < -0.3 is 9.72 Å². The van der Waals surface area contributed by atoms with Gasteiger partial charge >= 0.3 is 5.97 Å². The second-order valence-corrected chi connectivity index (χ2v) is 3.45. The zero-order valence-electron chi connectivity index (χ0n) is 8.04. The SMILES string of the molecule is CC(C)CC(=O)OCc1ccc[nH]1. The number of aromatic nitrogens is 1. The van der Waals surface area contributed by atoms with Crippen molar-refractivity contribution in [3.05, 3.63) is 24.0 Å². The van der Waals surface area contributed by atoms with Gasteiger partial charge in [-0.3, -0.25) is 4.79 Å². The van der Waals surface area contributed by atoms with Crippen molar-refractivity contribution in [1.29, 1.82) is 0 Å². The van der Waals surface area contributed by atoms with Gasteiger partial charge in [0.1, 0.15) is 6.61 Å². The Bertz CT molecular complexity index is 252. The summed E-state index contributed by atoms with van der Waals surface area (Å²) >= 11 is 0. The maximum Gasteiger partial charge on any atom is 0.306 e. The molecule has 1 aromatic rings. The van der Waals surface area contributed by atoms with Crippen molar-refractivity contribution < 1.29 is 9.53 Å². The third kappa shape index (κ3) is 3.78. The summed E-state index contributed by atoms with van der Waals surface area (Å²) in [5.41, 5.74) is 0.928. The van der Waals surface area contributed by atoms with Gasteiger partial charge in [0, 0.05) is 12.6 Å². The van der Waals surface area contributed by atoms with E-state index in [9.17, 15) is 4.79 Å². The number of aromatic amines is 1. The summed E-state index contributed by atoms with van der Waals surface area (Å²) < 4.78 is 5.03. The number of carbonyl (C=O) groups excluding carboxylic acids is 1. The van der Waals surface area contributed by atoms with Crippen LogP contribution in [-0.2, 0) is 16.1 Å². The monoisotopic (exact) mass is 181 g/mol. The Morgan fingerprint density at radius 1 is 1.62 bits per heavy atom. The van der Waals surface area contributed by atoms with Crippen LogP contribution in [0.25, 0.3) is 0 Å². The summed E-state index contributed by atoms with van der Waals surface area (Å²) in [6.07, 6.45) is 2.30. The standard InChI is InChI=1S/C10H15NO2/c1-8(2)6-10(12)13-7-9-4-3-5-11-9/h3-5,8,11H,6-7H2,1-2H3. The molecule has 3 nitrogen and oxygen atoms in total. The first-order valence-electron chi connectivity index (χ1n) is 4.46. The second-order valence-electron chi connectivity index (χ2n) is 3.45. The van der Waals surface area contributed by atoms with Gasteiger partial charge in [0.05, 0.1) is 5.69 Å². The van der Waals surface area contributed by atoms with E-state index in [1.54, 1.807) is 0 Å². The molecule has 0 aliphatic heterocycles. The minimum absolute atomic E-state index is 0.135. The molecule has 0 bridgehead atoms. The molecular weight excluding hydrogens is 166 g/mol. The Balaban J connectivity index is 2.23. The molecule has 13 heavy (non-hydrogen) atoms. The van der Waals surface area contributed by atoms with E-state index in [2.05, 4.69) is 4.98 Å². The zero-order valence-corrected chi connectivity index (χ0v) is 8.04. The first kappa shape index (κ1) is 9.84. The molecule has 1 N–H and O–H groups in total. The second kappa shape index (κ2) is 4.70. The van der Waals surface area contributed by atoms with E-state index in [1.165, 1.54) is 0 Å². The van der Waals surface area contributed by atoms with Crippen molar-refractivity contribution in [3.63, 3.8) is 0 Å². The molecule has 0 aliphatic rings. The molecule has 1 rings (SSSR count). The van der Waals surface area contributed by atoms with Gasteiger partial charge in [0.25, 0.3) is 0 Å². The van der Waals surface area contributed by atoms with Crippen LogP contribution in [-0.4, -0.2) is 11.0 Å². The lowest BCUT2D eigenvalue weighted by atomic mass is 10.1. The third-order valence-electron chi connectivity index (χ3n) is 1.63. The molecule has 0 radical (unpaired) electrons. The van der Waals surface area contributed by atoms with Crippen LogP contribution in [0.5, 0.6) is 0 Å². The van der Waals surface area contributed by atoms with E-state index < -0.39 is 0 Å². The molecule has 0 saturated carbocycles. The highest BCUT2D eigenvalue weighted by atomic mass is 16.5. The number of hydrogen-bond donors (Lipinski definition) is 1. The molecule has 72 valence electrons. The summed E-state index contributed by atoms with van der Waals surface area (Å²) in [5.74, 6) is 0.223. The Morgan fingerprint density at radius 2 is 2.38 bits per heavy atom. The average Bonchev–Trinajstić information content (AvgIpc) is 2.51. The van der Waals surface area contributed by atoms with Crippen LogP contribution in [0.2, 0.25) is 0 Å². The van der Waals surface area contributed by atoms with Gasteiger partial charge in [-0.05, 0) is 18.1 Å². The highest BCUT2D eigenvalue weighted by molar-refractivity contribution is 5.69. The molecule has 0 atom stereocenters. The number of esters is 1. The van der Waals surface area contributed by atoms with Gasteiger partial charge in [-0.2, -0.15) is 0 Å². The number of hydrogen-bond acceptors (Lipinski definition) is 2. The largest absolute Gasteiger partial charge is 0.459 e. The number of rotatable bonds is 4. The Kier molecular flexibility index (Phi) is 3.55. The summed E-state index contributed by atoms with van der Waals surface area (Å²) in [5, 5.41) is 0. The van der Waals surface area contributed by atoms with E-state index in [0.29, 0.717) is 18.9 Å². The predicted molar refractivity (Wildman–Crippen MR) is 50.0 cm³/mol. The molecule has 1 heterocycles. The van der Waals surface area contributed by atoms with Crippen molar-refractivity contribution in [2.75, 3.05) is 0 Å². The highest BCUT2D eigenvalue weighted by Crippen LogP contribution is 2.03. The summed E-state index contributed by atoms with van der Waals surface area (Å²) in [6, 6.07) is 3.77. The molecule has 0 aromatic carbocycles. The van der Waals surface area contributed by atoms with Crippen LogP contribution in [0.1, 0.15) is 26.0 Å². The number of nitrogens with one attached hydrogen (secondary N) is 1. The van der Waals surface area contributed by atoms with Crippen LogP contribution in [0.4, 0.5) is 0 Å². The third-order valence-corrected chi connectivity index (χ3v) is 1.63. The predicted octanol–water partition coefficient (Wildman–Crippen LogP) is 2.10. The van der Waals surface area contributed by atoms with E-state index >= 15 is 0 Å². The quantitative estimate of drug-likeness (QED) is 0.723. The molecule has 0 unspecified atom stereocenters. The molecule has 0 spiro atoms.